The van der Waals surface area contributed by atoms with Gasteiger partial charge in [0.2, 0.25) is 13.3 Å². The molecule has 0 N–H and O–H groups in total. The summed E-state index contributed by atoms with van der Waals surface area (Å²) in [6.07, 6.45) is 0. The van der Waals surface area contributed by atoms with Gasteiger partial charge in [0.25, 0.3) is 0 Å². The fraction of sp³-hybridized carbons (Fsp3) is 0.300. The van der Waals surface area contributed by atoms with Gasteiger partial charge >= 0.3 is 0 Å². The molecule has 0 unspecified atom stereocenters. The maximum atomic E-state index is 6.81. The second kappa shape index (κ2) is 3.46. The average Bonchev–Trinajstić information content (AvgIpc) is 2.64. The molecule has 1 aliphatic heterocycles. The number of benzene rings is 1. The lowest BCUT2D eigenvalue weighted by atomic mass is 10.2. The summed E-state index contributed by atoms with van der Waals surface area (Å²) < 4.78 is 15.5. The highest BCUT2D eigenvalue weighted by atomic mass is 16.7. The standard InChI is InChI=1S/C10H9NO3/c1-11-5-7-3-9-10(14-6-13-9)4-8(7)12-2/h3-4H,5-6H2,2H3. The molecule has 72 valence electrons. The summed E-state index contributed by atoms with van der Waals surface area (Å²) in [7, 11) is 1.57. The van der Waals surface area contributed by atoms with Crippen LogP contribution in [-0.2, 0) is 6.54 Å². The zero-order valence-corrected chi connectivity index (χ0v) is 7.74. The van der Waals surface area contributed by atoms with Gasteiger partial charge in [0.05, 0.1) is 12.7 Å². The zero-order chi connectivity index (χ0) is 9.97. The summed E-state index contributed by atoms with van der Waals surface area (Å²) in [5.41, 5.74) is 0.826. The molecule has 0 atom stereocenters. The van der Waals surface area contributed by atoms with E-state index in [1.165, 1.54) is 0 Å². The van der Waals surface area contributed by atoms with Gasteiger partial charge in [-0.1, -0.05) is 0 Å². The highest BCUT2D eigenvalue weighted by Gasteiger charge is 2.18. The monoisotopic (exact) mass is 191 g/mol. The lowest BCUT2D eigenvalue weighted by Gasteiger charge is -2.05. The smallest absolute Gasteiger partial charge is 0.243 e. The summed E-state index contributed by atoms with van der Waals surface area (Å²) in [5.74, 6) is 2.03. The molecule has 14 heavy (non-hydrogen) atoms. The molecular weight excluding hydrogens is 182 g/mol. The molecular formula is C10H9NO3. The van der Waals surface area contributed by atoms with E-state index in [-0.39, 0.29) is 6.79 Å². The van der Waals surface area contributed by atoms with Crippen LogP contribution in [0.5, 0.6) is 17.2 Å². The van der Waals surface area contributed by atoms with Crippen molar-refractivity contribution in [3.63, 3.8) is 0 Å². The minimum Gasteiger partial charge on any atom is -0.496 e. The number of methoxy groups -OCH3 is 1. The summed E-state index contributed by atoms with van der Waals surface area (Å²) >= 11 is 0. The Hall–Kier alpha value is -1.89. The van der Waals surface area contributed by atoms with E-state index in [9.17, 15) is 0 Å². The van der Waals surface area contributed by atoms with Crippen LogP contribution in [0.25, 0.3) is 4.85 Å². The largest absolute Gasteiger partial charge is 0.496 e. The lowest BCUT2D eigenvalue weighted by molar-refractivity contribution is 0.174. The third kappa shape index (κ3) is 1.33. The predicted molar refractivity (Wildman–Crippen MR) is 49.4 cm³/mol. The number of hydrogen-bond donors (Lipinski definition) is 0. The van der Waals surface area contributed by atoms with Crippen LogP contribution in [-0.4, -0.2) is 13.9 Å². The van der Waals surface area contributed by atoms with Crippen molar-refractivity contribution in [1.82, 2.24) is 0 Å². The van der Waals surface area contributed by atoms with Gasteiger partial charge in [0, 0.05) is 6.07 Å². The Morgan fingerprint density at radius 1 is 1.43 bits per heavy atom. The Labute approximate surface area is 81.8 Å². The normalized spacial score (nSPS) is 12.3. The third-order valence-corrected chi connectivity index (χ3v) is 2.03. The van der Waals surface area contributed by atoms with Gasteiger partial charge in [0.15, 0.2) is 11.5 Å². The minimum absolute atomic E-state index is 0.236. The molecule has 4 heteroatoms. The fourth-order valence-corrected chi connectivity index (χ4v) is 1.36. The molecule has 4 nitrogen and oxygen atoms in total. The first-order chi connectivity index (χ1) is 6.85. The van der Waals surface area contributed by atoms with Gasteiger partial charge < -0.3 is 19.1 Å². The Kier molecular flexibility index (Phi) is 2.15. The van der Waals surface area contributed by atoms with Gasteiger partial charge in [-0.25, -0.2) is 6.57 Å². The van der Waals surface area contributed by atoms with Gasteiger partial charge in [-0.2, -0.15) is 0 Å². The summed E-state index contributed by atoms with van der Waals surface area (Å²) in [6.45, 7) is 7.33. The van der Waals surface area contributed by atoms with E-state index < -0.39 is 0 Å². The zero-order valence-electron chi connectivity index (χ0n) is 7.74. The molecule has 0 bridgehead atoms. The topological polar surface area (TPSA) is 32.0 Å². The van der Waals surface area contributed by atoms with E-state index in [0.717, 1.165) is 5.56 Å². The van der Waals surface area contributed by atoms with Crippen LogP contribution in [0.3, 0.4) is 0 Å². The number of nitrogens with zero attached hydrogens (tertiary/aromatic N) is 1. The fourth-order valence-electron chi connectivity index (χ4n) is 1.36. The van der Waals surface area contributed by atoms with Gasteiger partial charge in [-0.05, 0) is 6.07 Å². The Bertz CT molecular complexity index is 395. The maximum absolute atomic E-state index is 6.81. The van der Waals surface area contributed by atoms with Crippen molar-refractivity contribution in [3.05, 3.63) is 29.1 Å². The van der Waals surface area contributed by atoms with Crippen molar-refractivity contribution in [2.75, 3.05) is 13.9 Å². The Morgan fingerprint density at radius 2 is 2.14 bits per heavy atom. The van der Waals surface area contributed by atoms with Crippen LogP contribution in [0.2, 0.25) is 0 Å². The molecule has 1 aliphatic rings. The van der Waals surface area contributed by atoms with Crippen LogP contribution in [0.15, 0.2) is 12.1 Å². The average molecular weight is 191 g/mol. The van der Waals surface area contributed by atoms with E-state index in [1.54, 1.807) is 19.2 Å². The summed E-state index contributed by atoms with van der Waals surface area (Å²) in [5, 5.41) is 0. The summed E-state index contributed by atoms with van der Waals surface area (Å²) in [4.78, 5) is 3.31. The molecule has 0 aromatic heterocycles. The summed E-state index contributed by atoms with van der Waals surface area (Å²) in [6, 6.07) is 3.54. The highest BCUT2D eigenvalue weighted by Crippen LogP contribution is 2.38. The highest BCUT2D eigenvalue weighted by molar-refractivity contribution is 5.52. The van der Waals surface area contributed by atoms with Gasteiger partial charge in [0.1, 0.15) is 5.75 Å². The Morgan fingerprint density at radius 3 is 2.79 bits per heavy atom. The number of rotatable bonds is 2. The lowest BCUT2D eigenvalue weighted by Crippen LogP contribution is -1.92. The molecule has 1 heterocycles. The molecule has 0 amide bonds. The number of ether oxygens (including phenoxy) is 3. The minimum atomic E-state index is 0.236. The molecule has 0 saturated carbocycles. The van der Waals surface area contributed by atoms with Crippen molar-refractivity contribution < 1.29 is 14.2 Å². The second-order valence-electron chi connectivity index (χ2n) is 2.83. The number of hydrogen-bond acceptors (Lipinski definition) is 3. The van der Waals surface area contributed by atoms with Crippen LogP contribution in [0.1, 0.15) is 5.56 Å². The quantitative estimate of drug-likeness (QED) is 0.668. The first-order valence-electron chi connectivity index (χ1n) is 4.15. The first-order valence-corrected chi connectivity index (χ1v) is 4.15. The van der Waals surface area contributed by atoms with Gasteiger partial charge in [-0.15, -0.1) is 0 Å². The van der Waals surface area contributed by atoms with Crippen molar-refractivity contribution >= 4 is 0 Å². The molecule has 0 aliphatic carbocycles. The molecule has 0 radical (unpaired) electrons. The van der Waals surface area contributed by atoms with Crippen LogP contribution in [0.4, 0.5) is 0 Å². The number of fused-ring (bicyclic) bond motifs is 1. The molecule has 1 aromatic carbocycles. The van der Waals surface area contributed by atoms with Crippen molar-refractivity contribution in [1.29, 1.82) is 0 Å². The predicted octanol–water partition coefficient (Wildman–Crippen LogP) is 1.84. The SMILES string of the molecule is [C-]#[N+]Cc1cc2c(cc1OC)OCO2. The second-order valence-corrected chi connectivity index (χ2v) is 2.83. The van der Waals surface area contributed by atoms with E-state index in [4.69, 9.17) is 20.8 Å². The molecule has 0 saturated heterocycles. The molecule has 0 spiro atoms. The van der Waals surface area contributed by atoms with E-state index >= 15 is 0 Å². The van der Waals surface area contributed by atoms with Crippen molar-refractivity contribution in [2.24, 2.45) is 0 Å². The maximum Gasteiger partial charge on any atom is 0.243 e. The van der Waals surface area contributed by atoms with Gasteiger partial charge in [-0.3, -0.25) is 0 Å². The third-order valence-electron chi connectivity index (χ3n) is 2.03. The molecule has 2 rings (SSSR count). The van der Waals surface area contributed by atoms with Crippen LogP contribution in [0, 0.1) is 6.57 Å². The van der Waals surface area contributed by atoms with Crippen molar-refractivity contribution in [2.45, 2.75) is 6.54 Å². The van der Waals surface area contributed by atoms with Crippen molar-refractivity contribution in [3.8, 4) is 17.2 Å². The van der Waals surface area contributed by atoms with E-state index in [0.29, 0.717) is 23.8 Å². The molecule has 0 fully saturated rings. The van der Waals surface area contributed by atoms with E-state index in [2.05, 4.69) is 4.85 Å². The van der Waals surface area contributed by atoms with Crippen LogP contribution >= 0.6 is 0 Å². The molecule has 1 aromatic rings. The Balaban J connectivity index is 2.44. The first kappa shape index (κ1) is 8.70. The van der Waals surface area contributed by atoms with E-state index in [1.807, 2.05) is 0 Å². The van der Waals surface area contributed by atoms with Crippen LogP contribution < -0.4 is 14.2 Å².